The van der Waals surface area contributed by atoms with Crippen molar-refractivity contribution in [3.63, 3.8) is 0 Å². The maximum absolute atomic E-state index is 13.6. The number of nitrogens with one attached hydrogen (secondary N) is 1. The van der Waals surface area contributed by atoms with Gasteiger partial charge in [0, 0.05) is 17.8 Å². The largest absolute Gasteiger partial charge is 0.490 e. The van der Waals surface area contributed by atoms with E-state index in [-0.39, 0.29) is 22.8 Å². The van der Waals surface area contributed by atoms with Crippen molar-refractivity contribution >= 4 is 34.6 Å². The molecule has 4 aliphatic rings. The molecule has 1 saturated carbocycles. The predicted molar refractivity (Wildman–Crippen MR) is 133 cm³/mol. The van der Waals surface area contributed by atoms with Gasteiger partial charge in [0.1, 0.15) is 23.5 Å². The minimum atomic E-state index is -4.80. The number of thiocarbonyl (C=S) groups is 1. The number of amides is 1. The second kappa shape index (κ2) is 8.67. The van der Waals surface area contributed by atoms with Crippen LogP contribution in [-0.4, -0.2) is 39.7 Å². The Hall–Kier alpha value is -3.23. The van der Waals surface area contributed by atoms with Gasteiger partial charge in [-0.1, -0.05) is 0 Å². The minimum absolute atomic E-state index is 0.0907. The van der Waals surface area contributed by atoms with Gasteiger partial charge in [-0.05, 0) is 87.5 Å². The number of fused-ring (bicyclic) bond motifs is 2. The van der Waals surface area contributed by atoms with Gasteiger partial charge < -0.3 is 15.0 Å². The Morgan fingerprint density at radius 2 is 1.81 bits per heavy atom. The molecule has 1 N–H and O–H groups in total. The number of rotatable bonds is 4. The fraction of sp³-hybridized carbons (Fsp3) is 0.462. The summed E-state index contributed by atoms with van der Waals surface area (Å²) in [6.45, 7) is 0. The summed E-state index contributed by atoms with van der Waals surface area (Å²) in [5.41, 5.74) is -2.31. The number of benzene rings is 1. The lowest BCUT2D eigenvalue weighted by molar-refractivity contribution is -0.138. The Labute approximate surface area is 217 Å². The van der Waals surface area contributed by atoms with Crippen LogP contribution in [0.15, 0.2) is 36.5 Å². The summed E-state index contributed by atoms with van der Waals surface area (Å²) in [6, 6.07) is 10.6. The van der Waals surface area contributed by atoms with Crippen LogP contribution in [0.2, 0.25) is 0 Å². The third-order valence-electron chi connectivity index (χ3n) is 7.96. The van der Waals surface area contributed by atoms with Crippen LogP contribution in [0.1, 0.15) is 56.2 Å². The molecule has 1 amide bonds. The quantitative estimate of drug-likeness (QED) is 0.578. The van der Waals surface area contributed by atoms with Crippen LogP contribution in [0.3, 0.4) is 0 Å². The van der Waals surface area contributed by atoms with Gasteiger partial charge in [0.2, 0.25) is 0 Å². The lowest BCUT2D eigenvalue weighted by Crippen LogP contribution is -2.55. The molecule has 1 aromatic carbocycles. The second-order valence-corrected chi connectivity index (χ2v) is 10.6. The van der Waals surface area contributed by atoms with E-state index >= 15 is 0 Å². The molecule has 4 heterocycles. The van der Waals surface area contributed by atoms with E-state index < -0.39 is 23.0 Å². The van der Waals surface area contributed by atoms with E-state index in [0.29, 0.717) is 30.6 Å². The highest BCUT2D eigenvalue weighted by atomic mass is 32.1. The number of alkyl halides is 3. The number of piperidine rings is 1. The first-order valence-corrected chi connectivity index (χ1v) is 12.8. The molecule has 192 valence electrons. The number of pyridine rings is 1. The molecule has 7 nitrogen and oxygen atoms in total. The number of hydrogen-bond donors (Lipinski definition) is 1. The third-order valence-corrected chi connectivity index (χ3v) is 8.33. The Morgan fingerprint density at radius 1 is 1.14 bits per heavy atom. The highest BCUT2D eigenvalue weighted by molar-refractivity contribution is 7.81. The van der Waals surface area contributed by atoms with Gasteiger partial charge in [0.15, 0.2) is 10.8 Å². The maximum atomic E-state index is 13.6. The van der Waals surface area contributed by atoms with E-state index in [9.17, 15) is 18.0 Å². The molecule has 2 bridgehead atoms. The van der Waals surface area contributed by atoms with Crippen LogP contribution in [0.25, 0.3) is 0 Å². The summed E-state index contributed by atoms with van der Waals surface area (Å²) < 4.78 is 46.9. The number of hydrogen-bond acceptors (Lipinski definition) is 6. The van der Waals surface area contributed by atoms with Crippen molar-refractivity contribution < 1.29 is 22.7 Å². The zero-order chi connectivity index (χ0) is 25.9. The summed E-state index contributed by atoms with van der Waals surface area (Å²) >= 11 is 5.67. The molecule has 4 fully saturated rings. The van der Waals surface area contributed by atoms with Crippen molar-refractivity contribution in [3.05, 3.63) is 47.8 Å². The molecular weight excluding hydrogens is 503 g/mol. The van der Waals surface area contributed by atoms with Crippen LogP contribution in [0, 0.1) is 11.3 Å². The molecule has 3 aliphatic heterocycles. The number of carbonyl (C=O) groups excluding carboxylic acids is 1. The van der Waals surface area contributed by atoms with Crippen LogP contribution < -0.4 is 19.9 Å². The van der Waals surface area contributed by atoms with E-state index in [2.05, 4.69) is 10.3 Å². The Balaban J connectivity index is 1.28. The first-order valence-electron chi connectivity index (χ1n) is 12.4. The average molecular weight is 528 g/mol. The molecule has 3 atom stereocenters. The zero-order valence-electron chi connectivity index (χ0n) is 19.8. The van der Waals surface area contributed by atoms with E-state index in [1.807, 2.05) is 24.3 Å². The van der Waals surface area contributed by atoms with E-state index in [0.717, 1.165) is 42.2 Å². The summed E-state index contributed by atoms with van der Waals surface area (Å²) in [6.07, 6.45) is 2.63. The number of nitrogens with zero attached hydrogens (tertiary/aromatic N) is 4. The van der Waals surface area contributed by atoms with Crippen LogP contribution >= 0.6 is 12.2 Å². The Morgan fingerprint density at radius 3 is 2.38 bits per heavy atom. The van der Waals surface area contributed by atoms with Gasteiger partial charge in [-0.2, -0.15) is 18.4 Å². The molecule has 2 aromatic rings. The molecular formula is C26H24F3N5O2S. The number of anilines is 2. The molecule has 3 saturated heterocycles. The Kier molecular flexibility index (Phi) is 5.65. The molecule has 1 aliphatic carbocycles. The molecule has 1 aromatic heterocycles. The summed E-state index contributed by atoms with van der Waals surface area (Å²) in [7, 11) is 0. The molecule has 1 spiro atoms. The topological polar surface area (TPSA) is 81.5 Å². The van der Waals surface area contributed by atoms with Crippen LogP contribution in [0.5, 0.6) is 5.75 Å². The summed E-state index contributed by atoms with van der Waals surface area (Å²) in [5, 5.41) is 12.8. The highest BCUT2D eigenvalue weighted by Gasteiger charge is 2.59. The van der Waals surface area contributed by atoms with E-state index in [4.69, 9.17) is 22.2 Å². The van der Waals surface area contributed by atoms with Gasteiger partial charge in [-0.25, -0.2) is 4.98 Å². The van der Waals surface area contributed by atoms with Crippen molar-refractivity contribution in [1.82, 2.24) is 10.3 Å². The standard InChI is InChI=1S/C26H24F3N5O2S/c27-26(28,29)21-12-18(14-31-22(21)13-30)33-23(35)25(8-1-9-25)34(24(33)37)17-4-6-19(7-5-17)36-20-10-15-2-3-16(11-20)32-15/h4-7,12,14-16,20,32H,1-3,8-11H2/t15-,16+,20?. The summed E-state index contributed by atoms with van der Waals surface area (Å²) in [5.74, 6) is 0.353. The first-order chi connectivity index (χ1) is 17.7. The number of nitriles is 1. The molecule has 37 heavy (non-hydrogen) atoms. The Bertz CT molecular complexity index is 1290. The highest BCUT2D eigenvalue weighted by Crippen LogP contribution is 2.48. The number of halogens is 3. The molecule has 0 radical (unpaired) electrons. The van der Waals surface area contributed by atoms with Gasteiger partial charge in [0.05, 0.1) is 17.4 Å². The molecule has 1 unspecified atom stereocenters. The first kappa shape index (κ1) is 24.1. The van der Waals surface area contributed by atoms with Crippen molar-refractivity contribution in [1.29, 1.82) is 5.26 Å². The van der Waals surface area contributed by atoms with E-state index in [1.54, 1.807) is 4.90 Å². The summed E-state index contributed by atoms with van der Waals surface area (Å²) in [4.78, 5) is 20.1. The van der Waals surface area contributed by atoms with Crippen LogP contribution in [-0.2, 0) is 11.0 Å². The monoisotopic (exact) mass is 527 g/mol. The lowest BCUT2D eigenvalue weighted by Gasteiger charge is -2.43. The maximum Gasteiger partial charge on any atom is 0.419 e. The normalized spacial score (nSPS) is 26.4. The van der Waals surface area contributed by atoms with Crippen molar-refractivity contribution in [2.45, 2.75) is 74.8 Å². The molecule has 11 heteroatoms. The zero-order valence-corrected chi connectivity index (χ0v) is 20.6. The number of ether oxygens (including phenoxy) is 1. The predicted octanol–water partition coefficient (Wildman–Crippen LogP) is 4.69. The van der Waals surface area contributed by atoms with E-state index in [1.165, 1.54) is 18.9 Å². The SMILES string of the molecule is N#Cc1ncc(N2C(=O)C3(CCC3)N(c3ccc(OC4C[C@H]5CC[C@@H](C4)N5)cc3)C2=S)cc1C(F)(F)F. The van der Waals surface area contributed by atoms with Crippen LogP contribution in [0.4, 0.5) is 24.5 Å². The van der Waals surface area contributed by atoms with Crippen molar-refractivity contribution in [2.24, 2.45) is 0 Å². The smallest absolute Gasteiger partial charge is 0.419 e. The van der Waals surface area contributed by atoms with Gasteiger partial charge in [0.25, 0.3) is 5.91 Å². The fourth-order valence-corrected chi connectivity index (χ4v) is 6.53. The van der Waals surface area contributed by atoms with Gasteiger partial charge in [-0.15, -0.1) is 0 Å². The lowest BCUT2D eigenvalue weighted by atomic mass is 9.75. The molecule has 6 rings (SSSR count). The van der Waals surface area contributed by atoms with Crippen molar-refractivity contribution in [2.75, 3.05) is 9.80 Å². The van der Waals surface area contributed by atoms with Crippen molar-refractivity contribution in [3.8, 4) is 11.8 Å². The fourth-order valence-electron chi connectivity index (χ4n) is 6.06. The number of carbonyl (C=O) groups is 1. The average Bonchev–Trinajstić information content (AvgIpc) is 3.30. The second-order valence-electron chi connectivity index (χ2n) is 10.2. The number of aromatic nitrogens is 1. The minimum Gasteiger partial charge on any atom is -0.490 e. The van der Waals surface area contributed by atoms with Gasteiger partial charge in [-0.3, -0.25) is 9.69 Å². The van der Waals surface area contributed by atoms with Gasteiger partial charge >= 0.3 is 6.18 Å². The third kappa shape index (κ3) is 3.94.